The molecule has 2 unspecified atom stereocenters. The Morgan fingerprint density at radius 1 is 1.29 bits per heavy atom. The van der Waals surface area contributed by atoms with Gasteiger partial charge in [-0.3, -0.25) is 0 Å². The highest BCUT2D eigenvalue weighted by molar-refractivity contribution is 7.12. The molecule has 0 saturated carbocycles. The smallest absolute Gasteiger partial charge is 0.0897 e. The first kappa shape index (κ1) is 18.6. The number of aliphatic hydroxyl groups is 1. The first-order valence-corrected chi connectivity index (χ1v) is 8.92. The van der Waals surface area contributed by atoms with Crippen molar-refractivity contribution in [3.05, 3.63) is 21.4 Å². The molecule has 122 valence electrons. The molecule has 0 spiro atoms. The molecule has 2 atom stereocenters. The third-order valence-electron chi connectivity index (χ3n) is 3.66. The van der Waals surface area contributed by atoms with E-state index in [0.29, 0.717) is 13.2 Å². The van der Waals surface area contributed by atoms with Crippen molar-refractivity contribution in [2.24, 2.45) is 0 Å². The summed E-state index contributed by atoms with van der Waals surface area (Å²) in [5.41, 5.74) is 1.34. The molecule has 0 bridgehead atoms. The molecule has 1 aromatic heterocycles. The molecule has 3 nitrogen and oxygen atoms in total. The zero-order valence-electron chi connectivity index (χ0n) is 13.9. The number of aryl methyl sites for hydroxylation is 2. The van der Waals surface area contributed by atoms with Gasteiger partial charge in [0.15, 0.2) is 0 Å². The molecule has 0 radical (unpaired) electrons. The number of nitrogens with one attached hydrogen (secondary N) is 1. The van der Waals surface area contributed by atoms with Crippen molar-refractivity contribution in [1.29, 1.82) is 0 Å². The summed E-state index contributed by atoms with van der Waals surface area (Å²) < 4.78 is 5.52. The molecular formula is C17H31NO2S. The Bertz CT molecular complexity index is 392. The third kappa shape index (κ3) is 7.41. The van der Waals surface area contributed by atoms with Crippen LogP contribution < -0.4 is 5.32 Å². The molecule has 1 rings (SSSR count). The highest BCUT2D eigenvalue weighted by Gasteiger charge is 2.12. The van der Waals surface area contributed by atoms with Crippen LogP contribution in [0.1, 0.15) is 60.9 Å². The topological polar surface area (TPSA) is 41.5 Å². The van der Waals surface area contributed by atoms with E-state index in [1.807, 2.05) is 11.3 Å². The average Bonchev–Trinajstić information content (AvgIpc) is 2.79. The van der Waals surface area contributed by atoms with Gasteiger partial charge in [0.05, 0.1) is 12.7 Å². The van der Waals surface area contributed by atoms with E-state index >= 15 is 0 Å². The summed E-state index contributed by atoms with van der Waals surface area (Å²) in [6, 6.07) is 2.50. The normalized spacial score (nSPS) is 14.3. The standard InChI is InChI=1S/C17H31NO2S/c1-5-6-7-8-9-20-12-16(19)11-18-14(3)17-10-13(2)21-15(17)4/h10,14,16,18-19H,5-9,11-12H2,1-4H3. The van der Waals surface area contributed by atoms with Crippen LogP contribution in [0.5, 0.6) is 0 Å². The lowest BCUT2D eigenvalue weighted by atomic mass is 10.1. The Hall–Kier alpha value is -0.420. The molecule has 0 amide bonds. The van der Waals surface area contributed by atoms with Gasteiger partial charge >= 0.3 is 0 Å². The SMILES string of the molecule is CCCCCCOCC(O)CNC(C)c1cc(C)sc1C. The minimum atomic E-state index is -0.432. The van der Waals surface area contributed by atoms with Crippen molar-refractivity contribution in [2.75, 3.05) is 19.8 Å². The number of aliphatic hydroxyl groups excluding tert-OH is 1. The van der Waals surface area contributed by atoms with E-state index in [-0.39, 0.29) is 6.04 Å². The summed E-state index contributed by atoms with van der Waals surface area (Å²) in [5.74, 6) is 0. The highest BCUT2D eigenvalue weighted by Crippen LogP contribution is 2.25. The van der Waals surface area contributed by atoms with Gasteiger partial charge < -0.3 is 15.2 Å². The fraction of sp³-hybridized carbons (Fsp3) is 0.765. The fourth-order valence-corrected chi connectivity index (χ4v) is 3.43. The van der Waals surface area contributed by atoms with Gasteiger partial charge in [-0.1, -0.05) is 26.2 Å². The van der Waals surface area contributed by atoms with Crippen molar-refractivity contribution in [3.8, 4) is 0 Å². The average molecular weight is 314 g/mol. The fourth-order valence-electron chi connectivity index (χ4n) is 2.41. The minimum Gasteiger partial charge on any atom is -0.389 e. The zero-order valence-corrected chi connectivity index (χ0v) is 14.8. The molecular weight excluding hydrogens is 282 g/mol. The van der Waals surface area contributed by atoms with Crippen molar-refractivity contribution < 1.29 is 9.84 Å². The van der Waals surface area contributed by atoms with Crippen LogP contribution in [0.15, 0.2) is 6.07 Å². The van der Waals surface area contributed by atoms with Gasteiger partial charge in [0.2, 0.25) is 0 Å². The quantitative estimate of drug-likeness (QED) is 0.607. The Labute approximate surface area is 133 Å². The van der Waals surface area contributed by atoms with Crippen LogP contribution in [-0.2, 0) is 4.74 Å². The second kappa shape index (κ2) is 10.3. The first-order chi connectivity index (χ1) is 10.0. The van der Waals surface area contributed by atoms with E-state index in [0.717, 1.165) is 13.0 Å². The predicted octanol–water partition coefficient (Wildman–Crippen LogP) is 3.97. The number of hydrogen-bond acceptors (Lipinski definition) is 4. The van der Waals surface area contributed by atoms with Crippen molar-refractivity contribution in [3.63, 3.8) is 0 Å². The summed E-state index contributed by atoms with van der Waals surface area (Å²) in [4.78, 5) is 2.70. The molecule has 0 aliphatic rings. The molecule has 0 saturated heterocycles. The maximum absolute atomic E-state index is 9.94. The summed E-state index contributed by atoms with van der Waals surface area (Å²) in [6.45, 7) is 10.4. The van der Waals surface area contributed by atoms with Gasteiger partial charge in [0.1, 0.15) is 0 Å². The van der Waals surface area contributed by atoms with Crippen LogP contribution in [0, 0.1) is 13.8 Å². The first-order valence-electron chi connectivity index (χ1n) is 8.10. The predicted molar refractivity (Wildman–Crippen MR) is 91.2 cm³/mol. The van der Waals surface area contributed by atoms with E-state index in [2.05, 4.69) is 39.1 Å². The van der Waals surface area contributed by atoms with Crippen LogP contribution in [0.25, 0.3) is 0 Å². The number of hydrogen-bond donors (Lipinski definition) is 2. The van der Waals surface area contributed by atoms with Crippen LogP contribution in [0.2, 0.25) is 0 Å². The van der Waals surface area contributed by atoms with Crippen molar-refractivity contribution in [2.45, 2.75) is 65.5 Å². The Morgan fingerprint density at radius 2 is 2.05 bits per heavy atom. The van der Waals surface area contributed by atoms with Gasteiger partial charge in [0.25, 0.3) is 0 Å². The molecule has 0 aliphatic carbocycles. The maximum Gasteiger partial charge on any atom is 0.0897 e. The minimum absolute atomic E-state index is 0.272. The number of unbranched alkanes of at least 4 members (excludes halogenated alkanes) is 3. The Morgan fingerprint density at radius 3 is 2.67 bits per heavy atom. The zero-order chi connectivity index (χ0) is 15.7. The molecule has 1 aromatic rings. The van der Waals surface area contributed by atoms with Crippen molar-refractivity contribution in [1.82, 2.24) is 5.32 Å². The highest BCUT2D eigenvalue weighted by atomic mass is 32.1. The van der Waals surface area contributed by atoms with Crippen molar-refractivity contribution >= 4 is 11.3 Å². The molecule has 0 aliphatic heterocycles. The summed E-state index contributed by atoms with van der Waals surface area (Å²) in [7, 11) is 0. The Balaban J connectivity index is 2.15. The number of ether oxygens (including phenoxy) is 1. The van der Waals surface area contributed by atoms with E-state index in [9.17, 15) is 5.11 Å². The van der Waals surface area contributed by atoms with E-state index in [1.165, 1.54) is 34.6 Å². The molecule has 1 heterocycles. The van der Waals surface area contributed by atoms with Gasteiger partial charge in [-0.25, -0.2) is 0 Å². The summed E-state index contributed by atoms with van der Waals surface area (Å²) >= 11 is 1.83. The number of thiophene rings is 1. The molecule has 0 fully saturated rings. The molecule has 4 heteroatoms. The van der Waals surface area contributed by atoms with Crippen LogP contribution in [0.3, 0.4) is 0 Å². The van der Waals surface area contributed by atoms with Crippen LogP contribution in [-0.4, -0.2) is 31.0 Å². The van der Waals surface area contributed by atoms with Gasteiger partial charge in [-0.15, -0.1) is 11.3 Å². The lowest BCUT2D eigenvalue weighted by Gasteiger charge is -2.17. The third-order valence-corrected chi connectivity index (χ3v) is 4.64. The monoisotopic (exact) mass is 313 g/mol. The maximum atomic E-state index is 9.94. The van der Waals surface area contributed by atoms with E-state index in [1.54, 1.807) is 0 Å². The second-order valence-corrected chi connectivity index (χ2v) is 7.25. The van der Waals surface area contributed by atoms with E-state index in [4.69, 9.17) is 4.74 Å². The second-order valence-electron chi connectivity index (χ2n) is 5.79. The van der Waals surface area contributed by atoms with E-state index < -0.39 is 6.10 Å². The summed E-state index contributed by atoms with van der Waals surface area (Å²) in [6.07, 6.45) is 4.39. The number of rotatable bonds is 11. The molecule has 2 N–H and O–H groups in total. The lowest BCUT2D eigenvalue weighted by Crippen LogP contribution is -2.32. The molecule has 21 heavy (non-hydrogen) atoms. The van der Waals surface area contributed by atoms with Crippen LogP contribution in [0.4, 0.5) is 0 Å². The van der Waals surface area contributed by atoms with Gasteiger partial charge in [0, 0.05) is 28.9 Å². The van der Waals surface area contributed by atoms with Gasteiger partial charge in [-0.05, 0) is 38.8 Å². The lowest BCUT2D eigenvalue weighted by molar-refractivity contribution is 0.0343. The van der Waals surface area contributed by atoms with Gasteiger partial charge in [-0.2, -0.15) is 0 Å². The largest absolute Gasteiger partial charge is 0.389 e. The Kier molecular flexibility index (Phi) is 9.16. The molecule has 0 aromatic carbocycles. The summed E-state index contributed by atoms with van der Waals surface area (Å²) in [5, 5.41) is 13.3. The van der Waals surface area contributed by atoms with Crippen LogP contribution >= 0.6 is 11.3 Å².